The van der Waals surface area contributed by atoms with Gasteiger partial charge in [0.25, 0.3) is 0 Å². The molecule has 0 bridgehead atoms. The van der Waals surface area contributed by atoms with Crippen LogP contribution in [0.2, 0.25) is 0 Å². The molecule has 0 amide bonds. The third kappa shape index (κ3) is 3.44. The third-order valence-corrected chi connectivity index (χ3v) is 3.31. The van der Waals surface area contributed by atoms with E-state index >= 15 is 0 Å². The second-order valence-electron chi connectivity index (χ2n) is 4.59. The highest BCUT2D eigenvalue weighted by Gasteiger charge is 2.04. The number of benzene rings is 2. The molecule has 2 aromatic carbocycles. The van der Waals surface area contributed by atoms with E-state index in [2.05, 4.69) is 36.5 Å². The van der Waals surface area contributed by atoms with Gasteiger partial charge in [0.2, 0.25) is 0 Å². The van der Waals surface area contributed by atoms with E-state index in [-0.39, 0.29) is 0 Å². The highest BCUT2D eigenvalue weighted by atomic mass is 16.5. The van der Waals surface area contributed by atoms with Crippen molar-refractivity contribution in [3.05, 3.63) is 53.6 Å². The highest BCUT2D eigenvalue weighted by molar-refractivity contribution is 5.54. The molecule has 2 rings (SSSR count). The predicted molar refractivity (Wildman–Crippen MR) is 82.7 cm³/mol. The van der Waals surface area contributed by atoms with Crippen molar-refractivity contribution in [2.24, 2.45) is 0 Å². The quantitative estimate of drug-likeness (QED) is 0.865. The van der Waals surface area contributed by atoms with Crippen LogP contribution in [0, 0.1) is 0 Å². The lowest BCUT2D eigenvalue weighted by molar-refractivity contribution is 0.355. The Balaban J connectivity index is 2.02. The van der Waals surface area contributed by atoms with Crippen molar-refractivity contribution in [3.63, 3.8) is 0 Å². The normalized spacial score (nSPS) is 10.2. The summed E-state index contributed by atoms with van der Waals surface area (Å²) >= 11 is 0. The molecule has 3 heteroatoms. The SMILES string of the molecule is CCc1ccc(CNc2ccc(OC)c(OC)c2)cc1. The number of hydrogen-bond donors (Lipinski definition) is 1. The Hall–Kier alpha value is -2.16. The van der Waals surface area contributed by atoms with Crippen LogP contribution < -0.4 is 14.8 Å². The van der Waals surface area contributed by atoms with E-state index in [1.807, 2.05) is 18.2 Å². The maximum absolute atomic E-state index is 5.29. The molecular formula is C17H21NO2. The van der Waals surface area contributed by atoms with Crippen molar-refractivity contribution in [1.29, 1.82) is 0 Å². The molecule has 0 aliphatic carbocycles. The Morgan fingerprint density at radius 3 is 2.10 bits per heavy atom. The largest absolute Gasteiger partial charge is 0.493 e. The van der Waals surface area contributed by atoms with E-state index in [0.717, 1.165) is 30.2 Å². The topological polar surface area (TPSA) is 30.5 Å². The lowest BCUT2D eigenvalue weighted by Crippen LogP contribution is -2.00. The molecular weight excluding hydrogens is 250 g/mol. The van der Waals surface area contributed by atoms with Crippen LogP contribution in [-0.4, -0.2) is 14.2 Å². The zero-order valence-corrected chi connectivity index (χ0v) is 12.3. The number of anilines is 1. The van der Waals surface area contributed by atoms with Crippen LogP contribution in [0.15, 0.2) is 42.5 Å². The van der Waals surface area contributed by atoms with Crippen LogP contribution in [-0.2, 0) is 13.0 Å². The second-order valence-corrected chi connectivity index (χ2v) is 4.59. The van der Waals surface area contributed by atoms with Crippen LogP contribution in [0.5, 0.6) is 11.5 Å². The van der Waals surface area contributed by atoms with Crippen molar-refractivity contribution in [2.75, 3.05) is 19.5 Å². The first-order valence-corrected chi connectivity index (χ1v) is 6.80. The molecule has 0 aliphatic rings. The second kappa shape index (κ2) is 6.85. The average Bonchev–Trinajstić information content (AvgIpc) is 2.53. The van der Waals surface area contributed by atoms with Gasteiger partial charge < -0.3 is 14.8 Å². The first-order valence-electron chi connectivity index (χ1n) is 6.80. The summed E-state index contributed by atoms with van der Waals surface area (Å²) in [6.45, 7) is 2.95. The minimum atomic E-state index is 0.735. The van der Waals surface area contributed by atoms with Gasteiger partial charge in [-0.15, -0.1) is 0 Å². The van der Waals surface area contributed by atoms with E-state index in [4.69, 9.17) is 9.47 Å². The van der Waals surface area contributed by atoms with Gasteiger partial charge in [0.15, 0.2) is 11.5 Å². The van der Waals surface area contributed by atoms with E-state index < -0.39 is 0 Å². The fourth-order valence-corrected chi connectivity index (χ4v) is 2.04. The van der Waals surface area contributed by atoms with Gasteiger partial charge in [-0.05, 0) is 29.7 Å². The Bertz CT molecular complexity index is 549. The minimum Gasteiger partial charge on any atom is -0.493 e. The van der Waals surface area contributed by atoms with E-state index in [1.165, 1.54) is 11.1 Å². The number of nitrogens with one attached hydrogen (secondary N) is 1. The molecule has 0 radical (unpaired) electrons. The van der Waals surface area contributed by atoms with Crippen molar-refractivity contribution < 1.29 is 9.47 Å². The van der Waals surface area contributed by atoms with Crippen LogP contribution >= 0.6 is 0 Å². The molecule has 0 spiro atoms. The first-order chi connectivity index (χ1) is 9.76. The molecule has 1 N–H and O–H groups in total. The Morgan fingerprint density at radius 1 is 0.850 bits per heavy atom. The van der Waals surface area contributed by atoms with Crippen LogP contribution in [0.4, 0.5) is 5.69 Å². The molecule has 20 heavy (non-hydrogen) atoms. The van der Waals surface area contributed by atoms with Gasteiger partial charge in [0.05, 0.1) is 14.2 Å². The molecule has 0 heterocycles. The molecule has 106 valence electrons. The number of hydrogen-bond acceptors (Lipinski definition) is 3. The molecule has 0 atom stereocenters. The standard InChI is InChI=1S/C17H21NO2/c1-4-13-5-7-14(8-6-13)12-18-15-9-10-16(19-2)17(11-15)20-3/h5-11,18H,4,12H2,1-3H3. The monoisotopic (exact) mass is 271 g/mol. The fraction of sp³-hybridized carbons (Fsp3) is 0.294. The number of ether oxygens (including phenoxy) is 2. The summed E-state index contributed by atoms with van der Waals surface area (Å²) in [5, 5.41) is 3.39. The predicted octanol–water partition coefficient (Wildman–Crippen LogP) is 3.88. The summed E-state index contributed by atoms with van der Waals surface area (Å²) in [4.78, 5) is 0. The summed E-state index contributed by atoms with van der Waals surface area (Å²) in [6, 6.07) is 14.5. The maximum Gasteiger partial charge on any atom is 0.162 e. The smallest absolute Gasteiger partial charge is 0.162 e. The summed E-state index contributed by atoms with van der Waals surface area (Å²) in [7, 11) is 3.28. The van der Waals surface area contributed by atoms with E-state index in [9.17, 15) is 0 Å². The minimum absolute atomic E-state index is 0.735. The van der Waals surface area contributed by atoms with Crippen LogP contribution in [0.1, 0.15) is 18.1 Å². The Morgan fingerprint density at radius 2 is 1.50 bits per heavy atom. The molecule has 0 fully saturated rings. The van der Waals surface area contributed by atoms with Gasteiger partial charge in [-0.25, -0.2) is 0 Å². The summed E-state index contributed by atoms with van der Waals surface area (Å²) < 4.78 is 10.5. The zero-order chi connectivity index (χ0) is 14.4. The van der Waals surface area contributed by atoms with Crippen molar-refractivity contribution in [1.82, 2.24) is 0 Å². The summed E-state index contributed by atoms with van der Waals surface area (Å²) in [5.41, 5.74) is 3.64. The van der Waals surface area contributed by atoms with E-state index in [1.54, 1.807) is 14.2 Å². The maximum atomic E-state index is 5.29. The molecule has 0 saturated heterocycles. The number of rotatable bonds is 6. The number of methoxy groups -OCH3 is 2. The van der Waals surface area contributed by atoms with Crippen LogP contribution in [0.25, 0.3) is 0 Å². The fourth-order valence-electron chi connectivity index (χ4n) is 2.04. The lowest BCUT2D eigenvalue weighted by Gasteiger charge is -2.11. The van der Waals surface area contributed by atoms with E-state index in [0.29, 0.717) is 0 Å². The van der Waals surface area contributed by atoms with Gasteiger partial charge in [0.1, 0.15) is 0 Å². The molecule has 0 aliphatic heterocycles. The average molecular weight is 271 g/mol. The van der Waals surface area contributed by atoms with Gasteiger partial charge >= 0.3 is 0 Å². The van der Waals surface area contributed by atoms with Gasteiger partial charge in [0, 0.05) is 18.3 Å². The highest BCUT2D eigenvalue weighted by Crippen LogP contribution is 2.29. The molecule has 0 unspecified atom stereocenters. The summed E-state index contributed by atoms with van der Waals surface area (Å²) in [5.74, 6) is 1.48. The van der Waals surface area contributed by atoms with Crippen molar-refractivity contribution in [2.45, 2.75) is 19.9 Å². The van der Waals surface area contributed by atoms with Crippen LogP contribution in [0.3, 0.4) is 0 Å². The molecule has 0 aromatic heterocycles. The number of aryl methyl sites for hydroxylation is 1. The van der Waals surface area contributed by atoms with Gasteiger partial charge in [-0.3, -0.25) is 0 Å². The molecule has 0 saturated carbocycles. The van der Waals surface area contributed by atoms with Crippen molar-refractivity contribution >= 4 is 5.69 Å². The van der Waals surface area contributed by atoms with Gasteiger partial charge in [-0.2, -0.15) is 0 Å². The lowest BCUT2D eigenvalue weighted by atomic mass is 10.1. The Labute approximate surface area is 120 Å². The van der Waals surface area contributed by atoms with Gasteiger partial charge in [-0.1, -0.05) is 31.2 Å². The molecule has 2 aromatic rings. The summed E-state index contributed by atoms with van der Waals surface area (Å²) in [6.07, 6.45) is 1.07. The Kier molecular flexibility index (Phi) is 4.88. The zero-order valence-electron chi connectivity index (χ0n) is 12.3. The van der Waals surface area contributed by atoms with Crippen molar-refractivity contribution in [3.8, 4) is 11.5 Å². The third-order valence-electron chi connectivity index (χ3n) is 3.31. The first kappa shape index (κ1) is 14.3. The molecule has 3 nitrogen and oxygen atoms in total.